The monoisotopic (exact) mass is 608 g/mol. The van der Waals surface area contributed by atoms with Crippen molar-refractivity contribution in [1.82, 2.24) is 14.5 Å². The van der Waals surface area contributed by atoms with E-state index in [-0.39, 0.29) is 11.5 Å². The van der Waals surface area contributed by atoms with E-state index in [2.05, 4.69) is 28.4 Å². The minimum atomic E-state index is -5.85. The Balaban J connectivity index is 1.51. The molecule has 3 aromatic rings. The molecular formula is C18H19N4O14P3. The van der Waals surface area contributed by atoms with Gasteiger partial charge in [-0.2, -0.15) is 8.62 Å². The SMILES string of the molecule is C[C@@]1(O)[C@H](O)C(OP(=O)(O)OP(=O)(O)OP(=O)(O)O)O[C@H]1n1cc2c3c(ncnc31)NC(=O)c1ccccc1-2. The van der Waals surface area contributed by atoms with Gasteiger partial charge < -0.3 is 44.4 Å². The fraction of sp³-hybridized carbons (Fsp3) is 0.278. The van der Waals surface area contributed by atoms with E-state index in [0.717, 1.165) is 13.3 Å². The molecule has 2 aliphatic rings. The fourth-order valence-corrected chi connectivity index (χ4v) is 7.36. The van der Waals surface area contributed by atoms with Crippen molar-refractivity contribution in [3.05, 3.63) is 42.4 Å². The molecule has 2 aliphatic heterocycles. The minimum Gasteiger partial charge on any atom is -0.385 e. The van der Waals surface area contributed by atoms with Crippen LogP contribution in [-0.2, 0) is 31.6 Å². The standard InChI is InChI=1S/C18H19N4O14P3/c1-18(25)12(23)16(34-38(29,30)36-39(31,32)35-37(26,27)28)33-17(18)22-6-10-8-4-2-3-5-9(8)15(24)21-13-11(10)14(22)20-7-19-13/h2-7,12,16-17,23,25H,1H3,(H,29,30)(H,31,32)(H2,26,27,28)(H,19,20,21,24)/t12-,16?,17-,18-/m1/s1. The lowest BCUT2D eigenvalue weighted by molar-refractivity contribution is -0.134. The highest BCUT2D eigenvalue weighted by Gasteiger charge is 2.57. The van der Waals surface area contributed by atoms with Crippen LogP contribution in [0, 0.1) is 0 Å². The zero-order chi connectivity index (χ0) is 28.5. The molecule has 39 heavy (non-hydrogen) atoms. The maximum atomic E-state index is 12.7. The summed E-state index contributed by atoms with van der Waals surface area (Å²) in [6.45, 7) is 1.10. The van der Waals surface area contributed by atoms with Gasteiger partial charge in [-0.15, -0.1) is 0 Å². The van der Waals surface area contributed by atoms with Crippen molar-refractivity contribution in [2.24, 2.45) is 0 Å². The molecular weight excluding hydrogens is 589 g/mol. The molecule has 18 nitrogen and oxygen atoms in total. The number of aliphatic hydroxyl groups is 2. The number of aliphatic hydroxyl groups excluding tert-OH is 1. The largest absolute Gasteiger partial charge is 0.490 e. The van der Waals surface area contributed by atoms with Crippen molar-refractivity contribution in [3.63, 3.8) is 0 Å². The number of anilines is 1. The summed E-state index contributed by atoms with van der Waals surface area (Å²) >= 11 is 0. The smallest absolute Gasteiger partial charge is 0.385 e. The third-order valence-corrected chi connectivity index (χ3v) is 9.63. The molecule has 3 unspecified atom stereocenters. The van der Waals surface area contributed by atoms with E-state index in [1.54, 1.807) is 24.3 Å². The summed E-state index contributed by atoms with van der Waals surface area (Å²) in [7, 11) is -17.2. The van der Waals surface area contributed by atoms with Crippen molar-refractivity contribution in [2.75, 3.05) is 5.32 Å². The van der Waals surface area contributed by atoms with E-state index in [9.17, 15) is 38.5 Å². The van der Waals surface area contributed by atoms with Crippen LogP contribution in [0.15, 0.2) is 36.8 Å². The van der Waals surface area contributed by atoms with Crippen molar-refractivity contribution in [2.45, 2.75) is 31.1 Å². The van der Waals surface area contributed by atoms with Crippen LogP contribution < -0.4 is 5.32 Å². The lowest BCUT2D eigenvalue weighted by Crippen LogP contribution is -2.43. The maximum Gasteiger partial charge on any atom is 0.490 e. The Labute approximate surface area is 217 Å². The molecule has 0 bridgehead atoms. The highest BCUT2D eigenvalue weighted by molar-refractivity contribution is 7.66. The number of nitrogens with zero attached hydrogens (tertiary/aromatic N) is 3. The molecule has 1 amide bonds. The first kappa shape index (κ1) is 28.1. The summed E-state index contributed by atoms with van der Waals surface area (Å²) < 4.78 is 53.5. The minimum absolute atomic E-state index is 0.114. The van der Waals surface area contributed by atoms with Crippen LogP contribution in [0.2, 0.25) is 0 Å². The molecule has 0 spiro atoms. The first-order valence-corrected chi connectivity index (χ1v) is 15.2. The van der Waals surface area contributed by atoms with Gasteiger partial charge in [-0.1, -0.05) is 18.2 Å². The van der Waals surface area contributed by atoms with Crippen LogP contribution >= 0.6 is 23.5 Å². The lowest BCUT2D eigenvalue weighted by atomic mass is 9.99. The van der Waals surface area contributed by atoms with E-state index in [0.29, 0.717) is 22.1 Å². The number of rotatable bonds is 7. The summed E-state index contributed by atoms with van der Waals surface area (Å²) in [4.78, 5) is 57.6. The Morgan fingerprint density at radius 3 is 2.36 bits per heavy atom. The molecule has 7 N–H and O–H groups in total. The number of nitrogens with one attached hydrogen (secondary N) is 1. The third-order valence-electron chi connectivity index (χ3n) is 5.83. The van der Waals surface area contributed by atoms with E-state index in [1.165, 1.54) is 10.8 Å². The van der Waals surface area contributed by atoms with Crippen molar-refractivity contribution in [1.29, 1.82) is 0 Å². The second kappa shape index (κ2) is 9.33. The number of benzene rings is 1. The summed E-state index contributed by atoms with van der Waals surface area (Å²) in [6.07, 6.45) is -3.28. The van der Waals surface area contributed by atoms with Gasteiger partial charge in [0.25, 0.3) is 5.91 Å². The summed E-state index contributed by atoms with van der Waals surface area (Å²) in [6, 6.07) is 6.59. The van der Waals surface area contributed by atoms with Crippen molar-refractivity contribution in [3.8, 4) is 11.1 Å². The molecule has 2 aromatic heterocycles. The molecule has 210 valence electrons. The average Bonchev–Trinajstić information content (AvgIpc) is 3.23. The number of phosphoric ester groups is 1. The molecule has 0 radical (unpaired) electrons. The quantitative estimate of drug-likeness (QED) is 0.184. The van der Waals surface area contributed by atoms with Crippen LogP contribution in [0.1, 0.15) is 23.5 Å². The molecule has 6 atom stereocenters. The van der Waals surface area contributed by atoms with Gasteiger partial charge in [0.05, 0.1) is 5.39 Å². The van der Waals surface area contributed by atoms with Crippen molar-refractivity contribution >= 4 is 46.2 Å². The van der Waals surface area contributed by atoms with Crippen molar-refractivity contribution < 1.29 is 66.2 Å². The number of fused-ring (bicyclic) bond motifs is 2. The van der Waals surface area contributed by atoms with E-state index < -0.39 is 53.6 Å². The second-order valence-corrected chi connectivity index (χ2v) is 13.0. The Kier molecular flexibility index (Phi) is 6.73. The van der Waals surface area contributed by atoms with Crippen LogP contribution in [0.3, 0.4) is 0 Å². The molecule has 0 saturated carbocycles. The maximum absolute atomic E-state index is 12.7. The lowest BCUT2D eigenvalue weighted by Gasteiger charge is -2.27. The molecule has 21 heteroatoms. The molecule has 1 fully saturated rings. The first-order chi connectivity index (χ1) is 18.0. The van der Waals surface area contributed by atoms with Crippen LogP contribution in [-0.4, -0.2) is 68.2 Å². The van der Waals surface area contributed by atoms with Gasteiger partial charge >= 0.3 is 23.5 Å². The van der Waals surface area contributed by atoms with E-state index in [4.69, 9.17) is 14.5 Å². The molecule has 4 heterocycles. The number of carbonyl (C=O) groups excluding carboxylic acids is 1. The van der Waals surface area contributed by atoms with Gasteiger partial charge in [0.15, 0.2) is 6.23 Å². The summed E-state index contributed by atoms with van der Waals surface area (Å²) in [5.41, 5.74) is -0.922. The highest BCUT2D eigenvalue weighted by Crippen LogP contribution is 2.67. The highest BCUT2D eigenvalue weighted by atomic mass is 31.3. The summed E-state index contributed by atoms with van der Waals surface area (Å²) in [5.74, 6) is -0.290. The van der Waals surface area contributed by atoms with Gasteiger partial charge in [-0.25, -0.2) is 23.7 Å². The van der Waals surface area contributed by atoms with Gasteiger partial charge in [0.1, 0.15) is 29.5 Å². The number of hydrogen-bond acceptors (Lipinski definition) is 12. The van der Waals surface area contributed by atoms with Crippen LogP contribution in [0.25, 0.3) is 22.2 Å². The fourth-order valence-electron chi connectivity index (χ4n) is 4.27. The average molecular weight is 608 g/mol. The van der Waals surface area contributed by atoms with Gasteiger partial charge in [-0.05, 0) is 18.6 Å². The topological polar surface area (TPSA) is 269 Å². The number of amides is 1. The van der Waals surface area contributed by atoms with Gasteiger partial charge in [-0.3, -0.25) is 9.32 Å². The Morgan fingerprint density at radius 2 is 1.69 bits per heavy atom. The molecule has 0 aliphatic carbocycles. The summed E-state index contributed by atoms with van der Waals surface area (Å²) in [5, 5.41) is 24.8. The number of ether oxygens (including phenoxy) is 1. The zero-order valence-electron chi connectivity index (χ0n) is 19.3. The van der Waals surface area contributed by atoms with E-state index >= 15 is 0 Å². The van der Waals surface area contributed by atoms with E-state index in [1.807, 2.05) is 0 Å². The normalized spacial score (nSPS) is 27.9. The second-order valence-electron chi connectivity index (χ2n) is 8.59. The number of carbonyl (C=O) groups is 1. The molecule has 5 rings (SSSR count). The van der Waals surface area contributed by atoms with Crippen LogP contribution in [0.4, 0.5) is 5.82 Å². The Hall–Kier alpha value is -2.40. The third kappa shape index (κ3) is 5.24. The predicted octanol–water partition coefficient (Wildman–Crippen LogP) is 0.974. The Bertz CT molecular complexity index is 1640. The van der Waals surface area contributed by atoms with Gasteiger partial charge in [0, 0.05) is 17.3 Å². The van der Waals surface area contributed by atoms with Gasteiger partial charge in [0.2, 0.25) is 6.29 Å². The molecule has 1 saturated heterocycles. The number of hydrogen-bond donors (Lipinski definition) is 7. The van der Waals surface area contributed by atoms with Crippen LogP contribution in [0.5, 0.6) is 0 Å². The zero-order valence-corrected chi connectivity index (χ0v) is 22.0. The number of aromatic nitrogens is 3. The number of phosphoric acid groups is 3. The molecule has 1 aromatic carbocycles. The predicted molar refractivity (Wildman–Crippen MR) is 126 cm³/mol. The first-order valence-electron chi connectivity index (χ1n) is 10.6. The Morgan fingerprint density at radius 1 is 1.03 bits per heavy atom.